The molecule has 5 rings (SSSR count). The standard InChI is InChI=1S/C17H16N8O/c26-17(25-3-1-2-4-25)12-6-11-15(22-12)19-9-20-16(11)23-14-5-10-7-21-24-13(10)8-18-14/h5-9H,1-4H2,(H,21,24)(H2,18,19,20,22,23). The molecule has 0 atom stereocenters. The van der Waals surface area contributed by atoms with Gasteiger partial charge in [0.25, 0.3) is 5.91 Å². The van der Waals surface area contributed by atoms with Crippen molar-refractivity contribution in [1.29, 1.82) is 0 Å². The number of rotatable bonds is 3. The summed E-state index contributed by atoms with van der Waals surface area (Å²) in [5, 5.41) is 11.8. The fourth-order valence-electron chi connectivity index (χ4n) is 3.28. The number of pyridine rings is 1. The van der Waals surface area contributed by atoms with Crippen LogP contribution in [0.5, 0.6) is 0 Å². The van der Waals surface area contributed by atoms with Gasteiger partial charge in [0.2, 0.25) is 0 Å². The van der Waals surface area contributed by atoms with Crippen molar-refractivity contribution in [3.8, 4) is 0 Å². The number of anilines is 2. The van der Waals surface area contributed by atoms with Crippen LogP contribution in [0.4, 0.5) is 11.6 Å². The average Bonchev–Trinajstić information content (AvgIpc) is 3.40. The van der Waals surface area contributed by atoms with E-state index in [1.807, 2.05) is 11.0 Å². The van der Waals surface area contributed by atoms with Crippen LogP contribution in [-0.2, 0) is 0 Å². The lowest BCUT2D eigenvalue weighted by molar-refractivity contribution is 0.0788. The first-order chi connectivity index (χ1) is 12.8. The maximum atomic E-state index is 12.6. The number of fused-ring (bicyclic) bond motifs is 2. The van der Waals surface area contributed by atoms with Crippen LogP contribution >= 0.6 is 0 Å². The summed E-state index contributed by atoms with van der Waals surface area (Å²) >= 11 is 0. The Balaban J connectivity index is 1.50. The molecule has 0 aliphatic carbocycles. The van der Waals surface area contributed by atoms with Gasteiger partial charge in [0.05, 0.1) is 23.3 Å². The van der Waals surface area contributed by atoms with Gasteiger partial charge in [0.1, 0.15) is 29.3 Å². The van der Waals surface area contributed by atoms with E-state index in [4.69, 9.17) is 0 Å². The largest absolute Gasteiger partial charge is 0.337 e. The lowest BCUT2D eigenvalue weighted by Gasteiger charge is -2.13. The quantitative estimate of drug-likeness (QED) is 0.523. The number of carbonyl (C=O) groups is 1. The summed E-state index contributed by atoms with van der Waals surface area (Å²) in [6, 6.07) is 3.68. The van der Waals surface area contributed by atoms with Gasteiger partial charge in [-0.2, -0.15) is 5.10 Å². The van der Waals surface area contributed by atoms with Crippen molar-refractivity contribution in [2.75, 3.05) is 18.4 Å². The third-order valence-corrected chi connectivity index (χ3v) is 4.62. The first kappa shape index (κ1) is 14.8. The van der Waals surface area contributed by atoms with Crippen LogP contribution in [0.15, 0.2) is 30.9 Å². The Morgan fingerprint density at radius 1 is 1.12 bits per heavy atom. The minimum atomic E-state index is 0.00407. The first-order valence-electron chi connectivity index (χ1n) is 8.47. The van der Waals surface area contributed by atoms with Crippen LogP contribution in [-0.4, -0.2) is 54.0 Å². The van der Waals surface area contributed by atoms with Crippen molar-refractivity contribution < 1.29 is 4.79 Å². The highest BCUT2D eigenvalue weighted by Crippen LogP contribution is 2.25. The number of hydrogen-bond donors (Lipinski definition) is 3. The number of hydrogen-bond acceptors (Lipinski definition) is 6. The lowest BCUT2D eigenvalue weighted by atomic mass is 10.3. The lowest BCUT2D eigenvalue weighted by Crippen LogP contribution is -2.27. The molecule has 0 bridgehead atoms. The number of likely N-dealkylation sites (tertiary alicyclic amines) is 1. The molecule has 4 aromatic heterocycles. The molecule has 0 aromatic carbocycles. The van der Waals surface area contributed by atoms with Crippen LogP contribution in [0.25, 0.3) is 21.9 Å². The number of aromatic nitrogens is 6. The zero-order valence-corrected chi connectivity index (χ0v) is 13.9. The molecule has 9 nitrogen and oxygen atoms in total. The van der Waals surface area contributed by atoms with Crippen LogP contribution < -0.4 is 5.32 Å². The van der Waals surface area contributed by atoms with Crippen molar-refractivity contribution >= 4 is 39.5 Å². The molecule has 130 valence electrons. The highest BCUT2D eigenvalue weighted by molar-refractivity contribution is 6.00. The van der Waals surface area contributed by atoms with Gasteiger partial charge in [-0.25, -0.2) is 15.0 Å². The normalized spacial score (nSPS) is 14.4. The van der Waals surface area contributed by atoms with E-state index < -0.39 is 0 Å². The van der Waals surface area contributed by atoms with Gasteiger partial charge in [-0.15, -0.1) is 0 Å². The smallest absolute Gasteiger partial charge is 0.270 e. The molecule has 0 radical (unpaired) electrons. The van der Waals surface area contributed by atoms with E-state index in [9.17, 15) is 4.79 Å². The second kappa shape index (κ2) is 5.80. The SMILES string of the molecule is O=C(c1cc2c(Nc3cc4cn[nH]c4cn3)ncnc2[nH]1)N1CCCC1. The van der Waals surface area contributed by atoms with E-state index in [0.29, 0.717) is 23.0 Å². The molecule has 5 heterocycles. The molecular weight excluding hydrogens is 332 g/mol. The average molecular weight is 348 g/mol. The van der Waals surface area contributed by atoms with Gasteiger partial charge in [0, 0.05) is 18.5 Å². The molecule has 1 saturated heterocycles. The molecule has 1 aliphatic rings. The van der Waals surface area contributed by atoms with Gasteiger partial charge in [-0.1, -0.05) is 0 Å². The summed E-state index contributed by atoms with van der Waals surface area (Å²) in [4.78, 5) is 30.5. The Labute approximate surface area is 147 Å². The minimum absolute atomic E-state index is 0.00407. The number of H-pyrrole nitrogens is 2. The third kappa shape index (κ3) is 2.44. The Morgan fingerprint density at radius 3 is 2.88 bits per heavy atom. The van der Waals surface area contributed by atoms with Gasteiger partial charge >= 0.3 is 0 Å². The first-order valence-corrected chi connectivity index (χ1v) is 8.47. The molecule has 0 unspecified atom stereocenters. The van der Waals surface area contributed by atoms with Crippen molar-refractivity contribution in [2.45, 2.75) is 12.8 Å². The van der Waals surface area contributed by atoms with E-state index in [2.05, 4.69) is 35.5 Å². The molecular formula is C17H16N8O. The number of carbonyl (C=O) groups excluding carboxylic acids is 1. The van der Waals surface area contributed by atoms with Gasteiger partial charge in [-0.3, -0.25) is 9.89 Å². The van der Waals surface area contributed by atoms with E-state index >= 15 is 0 Å². The summed E-state index contributed by atoms with van der Waals surface area (Å²) < 4.78 is 0. The summed E-state index contributed by atoms with van der Waals surface area (Å²) in [6.45, 7) is 1.61. The van der Waals surface area contributed by atoms with E-state index in [0.717, 1.165) is 42.2 Å². The molecule has 1 fully saturated rings. The number of aromatic amines is 2. The summed E-state index contributed by atoms with van der Waals surface area (Å²) in [6.07, 6.45) is 7.02. The van der Waals surface area contributed by atoms with Crippen molar-refractivity contribution in [1.82, 2.24) is 35.0 Å². The fourth-order valence-corrected chi connectivity index (χ4v) is 3.28. The van der Waals surface area contributed by atoms with Crippen molar-refractivity contribution in [2.24, 2.45) is 0 Å². The highest BCUT2D eigenvalue weighted by Gasteiger charge is 2.22. The fraction of sp³-hybridized carbons (Fsp3) is 0.235. The summed E-state index contributed by atoms with van der Waals surface area (Å²) in [7, 11) is 0. The Kier molecular flexibility index (Phi) is 3.30. The molecule has 1 aliphatic heterocycles. The molecule has 0 saturated carbocycles. The molecule has 0 spiro atoms. The molecule has 3 N–H and O–H groups in total. The Morgan fingerprint density at radius 2 is 2.00 bits per heavy atom. The maximum Gasteiger partial charge on any atom is 0.270 e. The Hall–Kier alpha value is -3.49. The maximum absolute atomic E-state index is 12.6. The molecule has 1 amide bonds. The number of amides is 1. The molecule has 9 heteroatoms. The second-order valence-corrected chi connectivity index (χ2v) is 6.32. The van der Waals surface area contributed by atoms with E-state index in [-0.39, 0.29) is 5.91 Å². The zero-order valence-electron chi connectivity index (χ0n) is 13.9. The highest BCUT2D eigenvalue weighted by atomic mass is 16.2. The van der Waals surface area contributed by atoms with Gasteiger partial charge in [-0.05, 0) is 25.0 Å². The van der Waals surface area contributed by atoms with Crippen LogP contribution in [0.1, 0.15) is 23.3 Å². The third-order valence-electron chi connectivity index (χ3n) is 4.62. The molecule has 4 aromatic rings. The van der Waals surface area contributed by atoms with Gasteiger partial charge < -0.3 is 15.2 Å². The summed E-state index contributed by atoms with van der Waals surface area (Å²) in [5.74, 6) is 1.25. The monoisotopic (exact) mass is 348 g/mol. The van der Waals surface area contributed by atoms with Crippen molar-refractivity contribution in [3.63, 3.8) is 0 Å². The van der Waals surface area contributed by atoms with Crippen LogP contribution in [0, 0.1) is 0 Å². The predicted octanol–water partition coefficient (Wildman–Crippen LogP) is 2.21. The second-order valence-electron chi connectivity index (χ2n) is 6.32. The minimum Gasteiger partial charge on any atom is -0.337 e. The van der Waals surface area contributed by atoms with Crippen LogP contribution in [0.2, 0.25) is 0 Å². The van der Waals surface area contributed by atoms with Crippen molar-refractivity contribution in [3.05, 3.63) is 36.5 Å². The Bertz CT molecular complexity index is 1110. The van der Waals surface area contributed by atoms with Crippen LogP contribution in [0.3, 0.4) is 0 Å². The molecule has 26 heavy (non-hydrogen) atoms. The van der Waals surface area contributed by atoms with E-state index in [1.165, 1.54) is 6.33 Å². The summed E-state index contributed by atoms with van der Waals surface area (Å²) in [5.41, 5.74) is 2.02. The van der Waals surface area contributed by atoms with Gasteiger partial charge in [0.15, 0.2) is 0 Å². The zero-order chi connectivity index (χ0) is 17.5. The van der Waals surface area contributed by atoms with E-state index in [1.54, 1.807) is 18.5 Å². The predicted molar refractivity (Wildman–Crippen MR) is 96.2 cm³/mol. The number of nitrogens with zero attached hydrogens (tertiary/aromatic N) is 5. The topological polar surface area (TPSA) is 115 Å². The number of nitrogens with one attached hydrogen (secondary N) is 3.